The van der Waals surface area contributed by atoms with Crippen LogP contribution in [-0.4, -0.2) is 21.3 Å². The third-order valence-corrected chi connectivity index (χ3v) is 1.51. The van der Waals surface area contributed by atoms with E-state index in [1.807, 2.05) is 0 Å². The maximum absolute atomic E-state index is 10.4. The number of nitrogens with zero attached hydrogens (tertiary/aromatic N) is 2. The second kappa shape index (κ2) is 5.87. The molecule has 1 rings (SSSR count). The van der Waals surface area contributed by atoms with Gasteiger partial charge in [0.1, 0.15) is 5.15 Å². The van der Waals surface area contributed by atoms with Crippen molar-refractivity contribution in [2.24, 2.45) is 5.34 Å². The molecule has 1 aromatic rings. The monoisotopic (exact) mass is 218 g/mol. The van der Waals surface area contributed by atoms with Crippen LogP contribution in [0.3, 0.4) is 0 Å². The Bertz CT molecular complexity index is 342. The Balaban J connectivity index is 0.000000500. The van der Waals surface area contributed by atoms with Crippen molar-refractivity contribution in [3.05, 3.63) is 33.5 Å². The van der Waals surface area contributed by atoms with Crippen LogP contribution < -0.4 is 0 Å². The molecule has 0 saturated carbocycles. The fourth-order valence-electron chi connectivity index (χ4n) is 0.685. The van der Waals surface area contributed by atoms with Gasteiger partial charge in [0.15, 0.2) is 5.34 Å². The summed E-state index contributed by atoms with van der Waals surface area (Å²) >= 11 is 5.53. The minimum atomic E-state index is -1.05. The van der Waals surface area contributed by atoms with Gasteiger partial charge >= 0.3 is 5.97 Å². The van der Waals surface area contributed by atoms with Crippen LogP contribution in [-0.2, 0) is 0 Å². The van der Waals surface area contributed by atoms with Crippen molar-refractivity contribution in [2.75, 3.05) is 0 Å². The van der Waals surface area contributed by atoms with Gasteiger partial charge in [0, 0.05) is 5.69 Å². The molecule has 0 aliphatic heterocycles. The molecular formula is C7H7ClN2O4. The minimum absolute atomic E-state index is 0.0391. The van der Waals surface area contributed by atoms with Crippen molar-refractivity contribution in [3.8, 4) is 0 Å². The molecule has 1 aromatic heterocycles. The van der Waals surface area contributed by atoms with Gasteiger partial charge in [-0.05, 0) is 19.1 Å². The number of rotatable bonds is 1. The summed E-state index contributed by atoms with van der Waals surface area (Å²) in [6.45, 7) is 1.75. The lowest BCUT2D eigenvalue weighted by atomic mass is 10.2. The summed E-state index contributed by atoms with van der Waals surface area (Å²) in [6, 6.07) is 3.04. The number of halogens is 1. The zero-order valence-corrected chi connectivity index (χ0v) is 7.89. The average molecular weight is 219 g/mol. The Morgan fingerprint density at radius 2 is 2.07 bits per heavy atom. The van der Waals surface area contributed by atoms with E-state index in [9.17, 15) is 4.79 Å². The van der Waals surface area contributed by atoms with Crippen LogP contribution in [0.5, 0.6) is 0 Å². The lowest BCUT2D eigenvalue weighted by Gasteiger charge is -1.97. The first kappa shape index (κ1) is 12.3. The molecule has 0 amide bonds. The topological polar surface area (TPSA) is 99.8 Å². The second-order valence-corrected chi connectivity index (χ2v) is 2.54. The summed E-state index contributed by atoms with van der Waals surface area (Å²) in [7, 11) is 0. The number of hydrogen-bond donors (Lipinski definition) is 2. The highest BCUT2D eigenvalue weighted by Gasteiger charge is 2.08. The van der Waals surface area contributed by atoms with E-state index < -0.39 is 5.97 Å². The van der Waals surface area contributed by atoms with Gasteiger partial charge in [0.2, 0.25) is 0 Å². The highest BCUT2D eigenvalue weighted by molar-refractivity contribution is 6.32. The third-order valence-electron chi connectivity index (χ3n) is 1.22. The maximum Gasteiger partial charge on any atom is 0.338 e. The van der Waals surface area contributed by atoms with Crippen molar-refractivity contribution in [1.82, 2.24) is 4.98 Å². The first-order valence-corrected chi connectivity index (χ1v) is 3.74. The molecule has 0 saturated heterocycles. The van der Waals surface area contributed by atoms with Crippen molar-refractivity contribution >= 4 is 17.6 Å². The molecule has 0 atom stereocenters. The molecule has 0 unspecified atom stereocenters. The summed E-state index contributed by atoms with van der Waals surface area (Å²) in [4.78, 5) is 22.3. The van der Waals surface area contributed by atoms with E-state index in [0.717, 1.165) is 0 Å². The maximum atomic E-state index is 10.4. The minimum Gasteiger partial charge on any atom is -0.478 e. The molecule has 2 N–H and O–H groups in total. The van der Waals surface area contributed by atoms with E-state index in [0.29, 0.717) is 5.69 Å². The van der Waals surface area contributed by atoms with Crippen LogP contribution >= 0.6 is 11.6 Å². The van der Waals surface area contributed by atoms with E-state index in [2.05, 4.69) is 4.98 Å². The Hall–Kier alpha value is -1.69. The summed E-state index contributed by atoms with van der Waals surface area (Å²) < 4.78 is 0. The molecule has 0 aliphatic rings. The van der Waals surface area contributed by atoms with E-state index >= 15 is 0 Å². The number of pyridine rings is 1. The van der Waals surface area contributed by atoms with Crippen LogP contribution in [0.4, 0.5) is 0 Å². The number of aryl methyl sites for hydroxylation is 1. The largest absolute Gasteiger partial charge is 0.478 e. The van der Waals surface area contributed by atoms with Gasteiger partial charge in [-0.3, -0.25) is 0 Å². The van der Waals surface area contributed by atoms with Gasteiger partial charge < -0.3 is 10.3 Å². The summed E-state index contributed by atoms with van der Waals surface area (Å²) in [5.74, 6) is -1.05. The van der Waals surface area contributed by atoms with Gasteiger partial charge in [-0.2, -0.15) is 0 Å². The average Bonchev–Trinajstić information content (AvgIpc) is 2.04. The number of aromatic nitrogens is 1. The second-order valence-electron chi connectivity index (χ2n) is 2.18. The van der Waals surface area contributed by atoms with E-state index in [-0.39, 0.29) is 10.7 Å². The van der Waals surface area contributed by atoms with Crippen LogP contribution in [0.1, 0.15) is 16.1 Å². The number of carbonyl (C=O) groups is 1. The zero-order chi connectivity index (χ0) is 11.1. The van der Waals surface area contributed by atoms with Gasteiger partial charge in [-0.15, -0.1) is 4.91 Å². The van der Waals surface area contributed by atoms with Gasteiger partial charge in [0.25, 0.3) is 0 Å². The predicted octanol–water partition coefficient (Wildman–Crippen LogP) is 1.88. The van der Waals surface area contributed by atoms with Crippen LogP contribution in [0.2, 0.25) is 5.15 Å². The lowest BCUT2D eigenvalue weighted by molar-refractivity contribution is 0.0696. The van der Waals surface area contributed by atoms with Crippen molar-refractivity contribution < 1.29 is 15.1 Å². The Labute approximate surface area is 84.1 Å². The van der Waals surface area contributed by atoms with Crippen LogP contribution in [0, 0.1) is 11.8 Å². The molecule has 0 aromatic carbocycles. The van der Waals surface area contributed by atoms with E-state index in [1.54, 1.807) is 13.0 Å². The van der Waals surface area contributed by atoms with Crippen LogP contribution in [0.25, 0.3) is 0 Å². The summed E-state index contributed by atoms with van der Waals surface area (Å²) in [5, 5.41) is 16.5. The summed E-state index contributed by atoms with van der Waals surface area (Å²) in [5.41, 5.74) is 0.747. The lowest BCUT2D eigenvalue weighted by Crippen LogP contribution is -1.99. The molecule has 0 aliphatic carbocycles. The first-order valence-electron chi connectivity index (χ1n) is 3.36. The Morgan fingerprint density at radius 1 is 1.57 bits per heavy atom. The van der Waals surface area contributed by atoms with Crippen molar-refractivity contribution in [1.29, 1.82) is 0 Å². The predicted molar refractivity (Wildman–Crippen MR) is 48.5 cm³/mol. The fraction of sp³-hybridized carbons (Fsp3) is 0.143. The quantitative estimate of drug-likeness (QED) is 0.426. The molecule has 76 valence electrons. The highest BCUT2D eigenvalue weighted by atomic mass is 35.5. The van der Waals surface area contributed by atoms with Crippen molar-refractivity contribution in [2.45, 2.75) is 6.92 Å². The Morgan fingerprint density at radius 3 is 2.43 bits per heavy atom. The normalized spacial score (nSPS) is 8.43. The van der Waals surface area contributed by atoms with Crippen LogP contribution in [0.15, 0.2) is 17.5 Å². The number of hydrogen-bond acceptors (Lipinski definition) is 4. The first-order chi connectivity index (χ1) is 6.52. The molecular weight excluding hydrogens is 212 g/mol. The van der Waals surface area contributed by atoms with Gasteiger partial charge in [-0.1, -0.05) is 11.6 Å². The number of carboxylic acid groups (broad SMARTS) is 1. The molecule has 6 nitrogen and oxygen atoms in total. The number of carboxylic acids is 1. The standard InChI is InChI=1S/C7H6ClNO2.HNO2/c1-4-2-3-5(7(10)11)6(8)9-4;2-1-3/h2-3H,1H3,(H,10,11);(H,2,3). The van der Waals surface area contributed by atoms with E-state index in [4.69, 9.17) is 26.8 Å². The van der Waals surface area contributed by atoms with Crippen molar-refractivity contribution in [3.63, 3.8) is 0 Å². The van der Waals surface area contributed by atoms with E-state index in [1.165, 1.54) is 11.4 Å². The molecule has 1 heterocycles. The summed E-state index contributed by atoms with van der Waals surface area (Å²) in [6.07, 6.45) is 0. The zero-order valence-electron chi connectivity index (χ0n) is 7.14. The fourth-order valence-corrected chi connectivity index (χ4v) is 0.962. The van der Waals surface area contributed by atoms with Gasteiger partial charge in [-0.25, -0.2) is 9.78 Å². The molecule has 0 radical (unpaired) electrons. The molecule has 0 fully saturated rings. The third kappa shape index (κ3) is 3.81. The smallest absolute Gasteiger partial charge is 0.338 e. The molecule has 14 heavy (non-hydrogen) atoms. The molecule has 0 bridgehead atoms. The SMILES string of the molecule is Cc1ccc(C(=O)O)c(Cl)n1.O=NO. The van der Waals surface area contributed by atoms with Gasteiger partial charge in [0.05, 0.1) is 5.56 Å². The molecule has 7 heteroatoms. The highest BCUT2D eigenvalue weighted by Crippen LogP contribution is 2.12. The Kier molecular flexibility index (Phi) is 5.16. The number of aromatic carboxylic acids is 1. The molecule has 0 spiro atoms.